The van der Waals surface area contributed by atoms with Gasteiger partial charge in [-0.2, -0.15) is 26.3 Å². The summed E-state index contributed by atoms with van der Waals surface area (Å²) in [4.78, 5) is 23.1. The third-order valence-electron chi connectivity index (χ3n) is 4.92. The second-order valence-electron chi connectivity index (χ2n) is 6.85. The number of carbonyl (C=O) groups excluding carboxylic acids is 1. The van der Waals surface area contributed by atoms with Gasteiger partial charge >= 0.3 is 24.4 Å². The number of carboxylic acid groups (broad SMARTS) is 1. The van der Waals surface area contributed by atoms with E-state index in [0.717, 1.165) is 22.3 Å². The van der Waals surface area contributed by atoms with Crippen LogP contribution in [0.1, 0.15) is 17.0 Å². The summed E-state index contributed by atoms with van der Waals surface area (Å²) in [6.45, 7) is -0.408. The summed E-state index contributed by atoms with van der Waals surface area (Å²) >= 11 is 0. The van der Waals surface area contributed by atoms with Crippen LogP contribution in [0.5, 0.6) is 0 Å². The smallest absolute Gasteiger partial charge is 0.407 e. The highest BCUT2D eigenvalue weighted by molar-refractivity contribution is 5.81. The third kappa shape index (κ3) is 4.59. The second kappa shape index (κ2) is 8.12. The van der Waals surface area contributed by atoms with Crippen LogP contribution in [-0.2, 0) is 9.53 Å². The molecule has 1 aliphatic carbocycles. The van der Waals surface area contributed by atoms with Crippen molar-refractivity contribution in [3.05, 3.63) is 59.7 Å². The first-order chi connectivity index (χ1) is 14.4. The number of ether oxygens (including phenoxy) is 1. The molecule has 3 rings (SSSR count). The number of halogens is 6. The van der Waals surface area contributed by atoms with Crippen LogP contribution < -0.4 is 5.32 Å². The fraction of sp³-hybridized carbons (Fsp3) is 0.300. The monoisotopic (exact) mass is 447 g/mol. The second-order valence-corrected chi connectivity index (χ2v) is 6.85. The lowest BCUT2D eigenvalue weighted by atomic mass is 9.98. The summed E-state index contributed by atoms with van der Waals surface area (Å²) in [7, 11) is 0. The molecule has 5 nitrogen and oxygen atoms in total. The SMILES string of the molecule is O=C(NC(C(=O)O)C(C(F)(F)F)C(F)(F)F)OCC1c2ccccc2-c2ccccc21. The van der Waals surface area contributed by atoms with Crippen LogP contribution in [0.4, 0.5) is 31.1 Å². The zero-order valence-corrected chi connectivity index (χ0v) is 15.5. The Hall–Kier alpha value is -3.24. The van der Waals surface area contributed by atoms with Crippen molar-refractivity contribution < 1.29 is 45.8 Å². The van der Waals surface area contributed by atoms with E-state index in [1.807, 2.05) is 12.1 Å². The molecule has 1 atom stereocenters. The van der Waals surface area contributed by atoms with E-state index >= 15 is 0 Å². The van der Waals surface area contributed by atoms with Crippen LogP contribution in [0.25, 0.3) is 11.1 Å². The van der Waals surface area contributed by atoms with Crippen LogP contribution in [0.15, 0.2) is 48.5 Å². The highest BCUT2D eigenvalue weighted by atomic mass is 19.4. The van der Waals surface area contributed by atoms with Gasteiger partial charge in [0.15, 0.2) is 5.92 Å². The van der Waals surface area contributed by atoms with Gasteiger partial charge in [0.05, 0.1) is 0 Å². The van der Waals surface area contributed by atoms with E-state index in [9.17, 15) is 35.9 Å². The number of rotatable bonds is 5. The van der Waals surface area contributed by atoms with Gasteiger partial charge in [0.1, 0.15) is 12.6 Å². The normalized spacial score (nSPS) is 14.7. The molecule has 2 aromatic rings. The number of amides is 1. The molecule has 0 saturated heterocycles. The van der Waals surface area contributed by atoms with Crippen molar-refractivity contribution >= 4 is 12.1 Å². The number of aliphatic carboxylic acids is 1. The molecule has 1 aliphatic rings. The van der Waals surface area contributed by atoms with Crippen LogP contribution in [0.3, 0.4) is 0 Å². The lowest BCUT2D eigenvalue weighted by Gasteiger charge is -2.28. The van der Waals surface area contributed by atoms with E-state index in [2.05, 4.69) is 0 Å². The molecule has 1 unspecified atom stereocenters. The number of alkyl halides is 6. The fourth-order valence-electron chi connectivity index (χ4n) is 3.62. The zero-order chi connectivity index (χ0) is 23.0. The van der Waals surface area contributed by atoms with E-state index in [1.165, 1.54) is 5.32 Å². The maximum atomic E-state index is 12.9. The lowest BCUT2D eigenvalue weighted by Crippen LogP contribution is -2.56. The number of alkyl carbamates (subject to hydrolysis) is 1. The Bertz CT molecular complexity index is 929. The Morgan fingerprint density at radius 1 is 0.903 bits per heavy atom. The molecule has 1 amide bonds. The van der Waals surface area contributed by atoms with Gasteiger partial charge in [0.25, 0.3) is 0 Å². The van der Waals surface area contributed by atoms with Crippen molar-refractivity contribution in [1.82, 2.24) is 5.32 Å². The third-order valence-corrected chi connectivity index (χ3v) is 4.92. The van der Waals surface area contributed by atoms with Crippen LogP contribution in [0.2, 0.25) is 0 Å². The summed E-state index contributed by atoms with van der Waals surface area (Å²) in [5.74, 6) is -7.30. The van der Waals surface area contributed by atoms with Gasteiger partial charge in [-0.1, -0.05) is 48.5 Å². The number of nitrogens with one attached hydrogen (secondary N) is 1. The fourth-order valence-corrected chi connectivity index (χ4v) is 3.62. The standard InChI is InChI=1S/C20H15F6NO4/c21-19(22,23)16(20(24,25)26)15(17(28)29)27-18(30)31-9-14-12-7-3-1-5-10(12)11-6-2-4-8-13(11)14/h1-8,14-16H,9H2,(H,27,30)(H,28,29). The molecule has 0 spiro atoms. The molecule has 2 aromatic carbocycles. The van der Waals surface area contributed by atoms with Gasteiger partial charge in [-0.25, -0.2) is 9.59 Å². The predicted octanol–water partition coefficient (Wildman–Crippen LogP) is 4.72. The molecular weight excluding hydrogens is 432 g/mol. The number of carbonyl (C=O) groups is 2. The Labute approximate surface area is 171 Å². The molecule has 0 aromatic heterocycles. The highest BCUT2D eigenvalue weighted by Crippen LogP contribution is 2.45. The molecule has 0 radical (unpaired) electrons. The minimum absolute atomic E-state index is 0.408. The van der Waals surface area contributed by atoms with E-state index < -0.39 is 48.9 Å². The van der Waals surface area contributed by atoms with Crippen LogP contribution in [0, 0.1) is 5.92 Å². The van der Waals surface area contributed by atoms with Gasteiger partial charge in [0.2, 0.25) is 0 Å². The predicted molar refractivity (Wildman–Crippen MR) is 95.2 cm³/mol. The maximum absolute atomic E-state index is 12.9. The van der Waals surface area contributed by atoms with Gasteiger partial charge in [-0.05, 0) is 22.3 Å². The van der Waals surface area contributed by atoms with Crippen molar-refractivity contribution in [3.63, 3.8) is 0 Å². The topological polar surface area (TPSA) is 75.6 Å². The number of fused-ring (bicyclic) bond motifs is 3. The summed E-state index contributed by atoms with van der Waals surface area (Å²) < 4.78 is 82.0. The molecule has 0 heterocycles. The Balaban J connectivity index is 1.77. The minimum Gasteiger partial charge on any atom is -0.480 e. The van der Waals surface area contributed by atoms with Crippen molar-refractivity contribution in [2.24, 2.45) is 5.92 Å². The van der Waals surface area contributed by atoms with Crippen molar-refractivity contribution in [3.8, 4) is 11.1 Å². The van der Waals surface area contributed by atoms with E-state index in [-0.39, 0.29) is 0 Å². The van der Waals surface area contributed by atoms with Crippen molar-refractivity contribution in [2.75, 3.05) is 6.61 Å². The molecule has 0 saturated carbocycles. The number of benzene rings is 2. The first kappa shape index (κ1) is 22.4. The average molecular weight is 447 g/mol. The summed E-state index contributed by atoms with van der Waals surface area (Å²) in [5.41, 5.74) is 3.22. The zero-order valence-electron chi connectivity index (χ0n) is 15.5. The van der Waals surface area contributed by atoms with E-state index in [1.54, 1.807) is 36.4 Å². The summed E-state index contributed by atoms with van der Waals surface area (Å²) in [5, 5.41) is 10.1. The van der Waals surface area contributed by atoms with Crippen molar-refractivity contribution in [1.29, 1.82) is 0 Å². The summed E-state index contributed by atoms with van der Waals surface area (Å²) in [6, 6.07) is 10.9. The van der Waals surface area contributed by atoms with Crippen LogP contribution in [-0.4, -0.2) is 42.2 Å². The summed E-state index contributed by atoms with van der Waals surface area (Å²) in [6.07, 6.45) is -13.6. The molecule has 0 aliphatic heterocycles. The Morgan fingerprint density at radius 3 is 1.77 bits per heavy atom. The average Bonchev–Trinajstić information content (AvgIpc) is 2.97. The van der Waals surface area contributed by atoms with Gasteiger partial charge in [-0.15, -0.1) is 0 Å². The molecule has 2 N–H and O–H groups in total. The lowest BCUT2D eigenvalue weighted by molar-refractivity contribution is -0.290. The molecule has 0 bridgehead atoms. The molecule has 0 fully saturated rings. The Morgan fingerprint density at radius 2 is 1.35 bits per heavy atom. The molecule has 31 heavy (non-hydrogen) atoms. The number of carboxylic acids is 1. The van der Waals surface area contributed by atoms with E-state index in [0.29, 0.717) is 0 Å². The van der Waals surface area contributed by atoms with Crippen LogP contribution >= 0.6 is 0 Å². The van der Waals surface area contributed by atoms with Crippen molar-refractivity contribution in [2.45, 2.75) is 24.3 Å². The molecular formula is C20H15F6NO4. The largest absolute Gasteiger partial charge is 0.480 e. The van der Waals surface area contributed by atoms with Gasteiger partial charge in [0, 0.05) is 5.92 Å². The number of hydrogen-bond acceptors (Lipinski definition) is 3. The molecule has 11 heteroatoms. The quantitative estimate of drug-likeness (QED) is 0.651. The Kier molecular flexibility index (Phi) is 5.88. The first-order valence-corrected chi connectivity index (χ1v) is 8.89. The van der Waals surface area contributed by atoms with E-state index in [4.69, 9.17) is 9.84 Å². The highest BCUT2D eigenvalue weighted by Gasteiger charge is 2.62. The minimum atomic E-state index is -5.95. The maximum Gasteiger partial charge on any atom is 0.407 e. The first-order valence-electron chi connectivity index (χ1n) is 8.89. The molecule has 166 valence electrons. The number of hydrogen-bond donors (Lipinski definition) is 2. The van der Waals surface area contributed by atoms with Gasteiger partial charge < -0.3 is 15.2 Å². The van der Waals surface area contributed by atoms with Gasteiger partial charge in [-0.3, -0.25) is 0 Å².